The lowest BCUT2D eigenvalue weighted by atomic mass is 10.2. The molecule has 1 rings (SSSR count). The highest BCUT2D eigenvalue weighted by molar-refractivity contribution is 6.33. The topological polar surface area (TPSA) is 83.1 Å². The summed E-state index contributed by atoms with van der Waals surface area (Å²) in [5.74, 6) is 0.244. The summed E-state index contributed by atoms with van der Waals surface area (Å²) in [6.45, 7) is 6.19. The molecular formula is C14H21ClN4O2. The van der Waals surface area contributed by atoms with Crippen molar-refractivity contribution < 1.29 is 9.59 Å². The molecule has 1 heterocycles. The number of hydrogen-bond acceptors (Lipinski definition) is 4. The molecule has 1 aromatic heterocycles. The lowest BCUT2D eigenvalue weighted by molar-refractivity contribution is -0.122. The lowest BCUT2D eigenvalue weighted by Gasteiger charge is -2.16. The van der Waals surface area contributed by atoms with E-state index in [9.17, 15) is 9.59 Å². The molecule has 1 unspecified atom stereocenters. The van der Waals surface area contributed by atoms with Gasteiger partial charge in [-0.2, -0.15) is 0 Å². The van der Waals surface area contributed by atoms with Crippen LogP contribution in [0.2, 0.25) is 5.02 Å². The van der Waals surface area contributed by atoms with E-state index >= 15 is 0 Å². The van der Waals surface area contributed by atoms with E-state index < -0.39 is 11.9 Å². The summed E-state index contributed by atoms with van der Waals surface area (Å²) < 4.78 is 0. The van der Waals surface area contributed by atoms with Crippen LogP contribution in [-0.2, 0) is 4.79 Å². The molecule has 0 aliphatic carbocycles. The molecule has 6 nitrogen and oxygen atoms in total. The Bertz CT molecular complexity index is 520. The number of anilines is 1. The molecule has 1 aromatic rings. The summed E-state index contributed by atoms with van der Waals surface area (Å²) in [4.78, 5) is 28.0. The Balaban J connectivity index is 2.70. The third-order valence-electron chi connectivity index (χ3n) is 2.78. The van der Waals surface area contributed by atoms with Crippen LogP contribution in [0, 0.1) is 5.92 Å². The molecule has 0 aromatic carbocycles. The van der Waals surface area contributed by atoms with Crippen molar-refractivity contribution in [3.8, 4) is 0 Å². The third-order valence-corrected chi connectivity index (χ3v) is 3.08. The van der Waals surface area contributed by atoms with Crippen molar-refractivity contribution in [3.63, 3.8) is 0 Å². The van der Waals surface area contributed by atoms with Gasteiger partial charge in [-0.3, -0.25) is 9.59 Å². The molecule has 0 fully saturated rings. The Morgan fingerprint density at radius 2 is 2.00 bits per heavy atom. The molecule has 0 aliphatic heterocycles. The van der Waals surface area contributed by atoms with E-state index in [4.69, 9.17) is 11.6 Å². The number of carbonyl (C=O) groups is 2. The van der Waals surface area contributed by atoms with Crippen molar-refractivity contribution >= 4 is 29.2 Å². The van der Waals surface area contributed by atoms with Gasteiger partial charge in [0.15, 0.2) is 0 Å². The zero-order chi connectivity index (χ0) is 16.0. The summed E-state index contributed by atoms with van der Waals surface area (Å²) in [6.07, 6.45) is 1.39. The van der Waals surface area contributed by atoms with Gasteiger partial charge in [-0.25, -0.2) is 4.98 Å². The first-order valence-electron chi connectivity index (χ1n) is 6.77. The van der Waals surface area contributed by atoms with Gasteiger partial charge in [-0.05, 0) is 18.9 Å². The van der Waals surface area contributed by atoms with Crippen LogP contribution in [0.1, 0.15) is 31.1 Å². The van der Waals surface area contributed by atoms with E-state index in [0.717, 1.165) is 0 Å². The van der Waals surface area contributed by atoms with Crippen LogP contribution in [0.15, 0.2) is 12.3 Å². The molecule has 0 radical (unpaired) electrons. The molecule has 0 aliphatic rings. The summed E-state index contributed by atoms with van der Waals surface area (Å²) in [5, 5.41) is 8.45. The highest BCUT2D eigenvalue weighted by Gasteiger charge is 2.18. The van der Waals surface area contributed by atoms with Gasteiger partial charge in [0, 0.05) is 19.8 Å². The lowest BCUT2D eigenvalue weighted by Crippen LogP contribution is -2.45. The molecule has 0 saturated heterocycles. The fourth-order valence-electron chi connectivity index (χ4n) is 1.55. The quantitative estimate of drug-likeness (QED) is 0.746. The van der Waals surface area contributed by atoms with Crippen LogP contribution in [-0.4, -0.2) is 36.4 Å². The molecule has 21 heavy (non-hydrogen) atoms. The Kier molecular flexibility index (Phi) is 6.42. The van der Waals surface area contributed by atoms with Gasteiger partial charge in [0.05, 0.1) is 10.6 Å². The minimum Gasteiger partial charge on any atom is -0.373 e. The van der Waals surface area contributed by atoms with Gasteiger partial charge >= 0.3 is 0 Å². The largest absolute Gasteiger partial charge is 0.373 e. The molecule has 7 heteroatoms. The maximum absolute atomic E-state index is 12.2. The van der Waals surface area contributed by atoms with Crippen molar-refractivity contribution in [1.29, 1.82) is 0 Å². The van der Waals surface area contributed by atoms with Crippen molar-refractivity contribution in [2.24, 2.45) is 5.92 Å². The van der Waals surface area contributed by atoms with Crippen LogP contribution in [0.4, 0.5) is 5.82 Å². The fourth-order valence-corrected chi connectivity index (χ4v) is 1.74. The molecule has 0 bridgehead atoms. The molecule has 0 saturated carbocycles. The first kappa shape index (κ1) is 17.2. The Hall–Kier alpha value is -1.82. The first-order chi connectivity index (χ1) is 9.85. The van der Waals surface area contributed by atoms with Gasteiger partial charge in [-0.1, -0.05) is 25.4 Å². The van der Waals surface area contributed by atoms with E-state index in [0.29, 0.717) is 18.3 Å². The summed E-state index contributed by atoms with van der Waals surface area (Å²) >= 11 is 5.96. The summed E-state index contributed by atoms with van der Waals surface area (Å²) in [5.41, 5.74) is 0.277. The number of nitrogens with one attached hydrogen (secondary N) is 3. The molecule has 0 spiro atoms. The monoisotopic (exact) mass is 312 g/mol. The first-order valence-corrected chi connectivity index (χ1v) is 7.14. The maximum Gasteiger partial charge on any atom is 0.253 e. The minimum atomic E-state index is -0.640. The van der Waals surface area contributed by atoms with Gasteiger partial charge < -0.3 is 16.0 Å². The van der Waals surface area contributed by atoms with Gasteiger partial charge in [0.25, 0.3) is 5.91 Å². The molecule has 116 valence electrons. The molecule has 3 N–H and O–H groups in total. The van der Waals surface area contributed by atoms with Crippen molar-refractivity contribution in [2.45, 2.75) is 26.8 Å². The van der Waals surface area contributed by atoms with Crippen molar-refractivity contribution in [1.82, 2.24) is 15.6 Å². The second-order valence-electron chi connectivity index (χ2n) is 5.13. The van der Waals surface area contributed by atoms with Gasteiger partial charge in [0.2, 0.25) is 5.91 Å². The summed E-state index contributed by atoms with van der Waals surface area (Å²) in [6, 6.07) is 0.898. The Morgan fingerprint density at radius 3 is 2.57 bits per heavy atom. The second-order valence-corrected chi connectivity index (χ2v) is 5.54. The normalized spacial score (nSPS) is 11.9. The number of pyridine rings is 1. The maximum atomic E-state index is 12.2. The fraction of sp³-hybridized carbons (Fsp3) is 0.500. The number of halogens is 1. The molecule has 1 atom stereocenters. The van der Waals surface area contributed by atoms with Crippen molar-refractivity contribution in [3.05, 3.63) is 22.8 Å². The SMILES string of the molecule is CNc1cc(C(=O)NC(C)C(=O)NCC(C)C)c(Cl)cn1. The van der Waals surface area contributed by atoms with E-state index in [-0.39, 0.29) is 16.5 Å². The number of nitrogens with zero attached hydrogens (tertiary/aromatic N) is 1. The smallest absolute Gasteiger partial charge is 0.253 e. The predicted molar refractivity (Wildman–Crippen MR) is 83.6 cm³/mol. The van der Waals surface area contributed by atoms with Crippen molar-refractivity contribution in [2.75, 3.05) is 18.9 Å². The standard InChI is InChI=1S/C14H21ClN4O2/c1-8(2)6-18-13(20)9(3)19-14(21)10-5-12(16-4)17-7-11(10)15/h5,7-9H,6H2,1-4H3,(H,16,17)(H,18,20)(H,19,21). The number of rotatable bonds is 6. The highest BCUT2D eigenvalue weighted by Crippen LogP contribution is 2.17. The number of amides is 2. The number of carbonyl (C=O) groups excluding carboxylic acids is 2. The van der Waals surface area contributed by atoms with Crippen LogP contribution in [0.25, 0.3) is 0 Å². The third kappa shape index (κ3) is 5.23. The molecule has 2 amide bonds. The zero-order valence-electron chi connectivity index (χ0n) is 12.7. The highest BCUT2D eigenvalue weighted by atomic mass is 35.5. The van der Waals surface area contributed by atoms with Gasteiger partial charge in [-0.15, -0.1) is 0 Å². The Morgan fingerprint density at radius 1 is 1.33 bits per heavy atom. The summed E-state index contributed by atoms with van der Waals surface area (Å²) in [7, 11) is 1.69. The second kappa shape index (κ2) is 7.83. The van der Waals surface area contributed by atoms with E-state index in [1.54, 1.807) is 14.0 Å². The average Bonchev–Trinajstić information content (AvgIpc) is 2.44. The van der Waals surface area contributed by atoms with Gasteiger partial charge in [0.1, 0.15) is 11.9 Å². The number of aromatic nitrogens is 1. The van der Waals surface area contributed by atoms with E-state index in [1.807, 2.05) is 13.8 Å². The van der Waals surface area contributed by atoms with Crippen LogP contribution in [0.3, 0.4) is 0 Å². The van der Waals surface area contributed by atoms with E-state index in [2.05, 4.69) is 20.9 Å². The minimum absolute atomic E-state index is 0.226. The zero-order valence-corrected chi connectivity index (χ0v) is 13.4. The average molecular weight is 313 g/mol. The van der Waals surface area contributed by atoms with Crippen LogP contribution in [0.5, 0.6) is 0 Å². The molecular weight excluding hydrogens is 292 g/mol. The Labute approximate surface area is 129 Å². The van der Waals surface area contributed by atoms with Crippen LogP contribution < -0.4 is 16.0 Å². The number of hydrogen-bond donors (Lipinski definition) is 3. The van der Waals surface area contributed by atoms with Crippen LogP contribution >= 0.6 is 11.6 Å². The predicted octanol–water partition coefficient (Wildman–Crippen LogP) is 1.67. The van der Waals surface area contributed by atoms with E-state index in [1.165, 1.54) is 12.3 Å².